The zero-order valence-electron chi connectivity index (χ0n) is 8.89. The molecule has 0 saturated carbocycles. The Hall–Kier alpha value is -2.57. The molecule has 0 spiro atoms. The van der Waals surface area contributed by atoms with E-state index in [2.05, 4.69) is 25.6 Å². The largest absolute Gasteiger partial charge is 0.271 e. The normalized spacial score (nSPS) is 10.6. The standard InChI is InChI=1S/C10H10N6O/c17-10(6-16-8-11-7-14-16)15-13-5-9-3-1-2-4-12-9/h1-5,7-8H,6H2,(H,15,17)/b13-5+. The fourth-order valence-corrected chi connectivity index (χ4v) is 1.12. The van der Waals surface area contributed by atoms with Gasteiger partial charge in [-0.15, -0.1) is 0 Å². The lowest BCUT2D eigenvalue weighted by Gasteiger charge is -1.98. The highest BCUT2D eigenvalue weighted by atomic mass is 16.2. The van der Waals surface area contributed by atoms with Crippen molar-refractivity contribution in [1.82, 2.24) is 25.2 Å². The van der Waals surface area contributed by atoms with Crippen LogP contribution in [0, 0.1) is 0 Å². The van der Waals surface area contributed by atoms with Gasteiger partial charge in [0, 0.05) is 6.20 Å². The first-order chi connectivity index (χ1) is 8.34. The SMILES string of the molecule is O=C(Cn1cncn1)N/N=C/c1ccccn1. The Kier molecular flexibility index (Phi) is 3.53. The minimum Gasteiger partial charge on any atom is -0.271 e. The van der Waals surface area contributed by atoms with E-state index in [4.69, 9.17) is 0 Å². The van der Waals surface area contributed by atoms with Gasteiger partial charge in [0.15, 0.2) is 0 Å². The number of hydrogen-bond donors (Lipinski definition) is 1. The van der Waals surface area contributed by atoms with Gasteiger partial charge in [-0.1, -0.05) is 6.07 Å². The molecule has 0 aromatic carbocycles. The summed E-state index contributed by atoms with van der Waals surface area (Å²) in [6, 6.07) is 5.43. The van der Waals surface area contributed by atoms with Crippen molar-refractivity contribution in [2.75, 3.05) is 0 Å². The lowest BCUT2D eigenvalue weighted by molar-refractivity contribution is -0.121. The molecular formula is C10H10N6O. The highest BCUT2D eigenvalue weighted by Crippen LogP contribution is 1.87. The molecular weight excluding hydrogens is 220 g/mol. The number of nitrogens with zero attached hydrogens (tertiary/aromatic N) is 5. The van der Waals surface area contributed by atoms with Crippen molar-refractivity contribution in [3.05, 3.63) is 42.7 Å². The number of carbonyl (C=O) groups excluding carboxylic acids is 1. The summed E-state index contributed by atoms with van der Waals surface area (Å²) in [5, 5.41) is 7.58. The molecule has 0 radical (unpaired) electrons. The van der Waals surface area contributed by atoms with Crippen molar-refractivity contribution in [3.63, 3.8) is 0 Å². The van der Waals surface area contributed by atoms with E-state index in [1.807, 2.05) is 6.07 Å². The fourth-order valence-electron chi connectivity index (χ4n) is 1.12. The van der Waals surface area contributed by atoms with Crippen LogP contribution in [-0.2, 0) is 11.3 Å². The van der Waals surface area contributed by atoms with Crippen LogP contribution in [0.15, 0.2) is 42.2 Å². The van der Waals surface area contributed by atoms with Crippen molar-refractivity contribution in [1.29, 1.82) is 0 Å². The zero-order chi connectivity index (χ0) is 11.9. The first-order valence-electron chi connectivity index (χ1n) is 4.90. The second-order valence-corrected chi connectivity index (χ2v) is 3.14. The Morgan fingerprint density at radius 3 is 3.18 bits per heavy atom. The summed E-state index contributed by atoms with van der Waals surface area (Å²) in [7, 11) is 0. The number of rotatable bonds is 4. The van der Waals surface area contributed by atoms with Gasteiger partial charge >= 0.3 is 0 Å². The van der Waals surface area contributed by atoms with E-state index < -0.39 is 0 Å². The maximum Gasteiger partial charge on any atom is 0.261 e. The summed E-state index contributed by atoms with van der Waals surface area (Å²) >= 11 is 0. The van der Waals surface area contributed by atoms with E-state index in [1.54, 1.807) is 18.3 Å². The van der Waals surface area contributed by atoms with Gasteiger partial charge in [0.1, 0.15) is 19.2 Å². The van der Waals surface area contributed by atoms with Crippen LogP contribution in [0.3, 0.4) is 0 Å². The predicted molar refractivity (Wildman–Crippen MR) is 60.0 cm³/mol. The molecule has 7 heteroatoms. The van der Waals surface area contributed by atoms with Gasteiger partial charge in [-0.25, -0.2) is 15.1 Å². The zero-order valence-corrected chi connectivity index (χ0v) is 8.89. The molecule has 1 amide bonds. The third-order valence-corrected chi connectivity index (χ3v) is 1.85. The van der Waals surface area contributed by atoms with Crippen molar-refractivity contribution in [2.45, 2.75) is 6.54 Å². The number of pyridine rings is 1. The Bertz CT molecular complexity index is 493. The van der Waals surface area contributed by atoms with E-state index in [-0.39, 0.29) is 12.5 Å². The molecule has 0 unspecified atom stereocenters. The molecule has 1 N–H and O–H groups in total. The molecule has 0 atom stereocenters. The average molecular weight is 230 g/mol. The smallest absolute Gasteiger partial charge is 0.261 e. The molecule has 2 aromatic heterocycles. The number of hydrogen-bond acceptors (Lipinski definition) is 5. The molecule has 86 valence electrons. The Labute approximate surface area is 97.2 Å². The number of amides is 1. The molecule has 0 aliphatic heterocycles. The van der Waals surface area contributed by atoms with E-state index >= 15 is 0 Å². The third kappa shape index (κ3) is 3.49. The van der Waals surface area contributed by atoms with Crippen LogP contribution < -0.4 is 5.43 Å². The lowest BCUT2D eigenvalue weighted by atomic mass is 10.4. The summed E-state index contributed by atoms with van der Waals surface area (Å²) in [5.74, 6) is -0.275. The Morgan fingerprint density at radius 1 is 1.53 bits per heavy atom. The monoisotopic (exact) mass is 230 g/mol. The van der Waals surface area contributed by atoms with Gasteiger partial charge in [0.05, 0.1) is 11.9 Å². The number of carbonyl (C=O) groups is 1. The second-order valence-electron chi connectivity index (χ2n) is 3.14. The second kappa shape index (κ2) is 5.50. The van der Waals surface area contributed by atoms with Crippen molar-refractivity contribution in [2.24, 2.45) is 5.10 Å². The van der Waals surface area contributed by atoms with E-state index in [9.17, 15) is 4.79 Å². The van der Waals surface area contributed by atoms with Gasteiger partial charge in [-0.3, -0.25) is 9.78 Å². The quantitative estimate of drug-likeness (QED) is 0.583. The highest BCUT2D eigenvalue weighted by molar-refractivity contribution is 5.80. The molecule has 2 rings (SSSR count). The summed E-state index contributed by atoms with van der Waals surface area (Å²) in [6.07, 6.45) is 5.95. The van der Waals surface area contributed by atoms with Gasteiger partial charge in [-0.05, 0) is 12.1 Å². The molecule has 0 aliphatic carbocycles. The van der Waals surface area contributed by atoms with Crippen LogP contribution in [-0.4, -0.2) is 31.9 Å². The third-order valence-electron chi connectivity index (χ3n) is 1.85. The molecule has 0 bridgehead atoms. The summed E-state index contributed by atoms with van der Waals surface area (Å²) < 4.78 is 1.41. The molecule has 0 saturated heterocycles. The Balaban J connectivity index is 1.82. The molecule has 7 nitrogen and oxygen atoms in total. The van der Waals surface area contributed by atoms with Gasteiger partial charge in [0.2, 0.25) is 0 Å². The topological polar surface area (TPSA) is 85.1 Å². The predicted octanol–water partition coefficient (Wildman–Crippen LogP) is -0.177. The van der Waals surface area contributed by atoms with Crippen molar-refractivity contribution >= 4 is 12.1 Å². The van der Waals surface area contributed by atoms with Crippen LogP contribution in [0.5, 0.6) is 0 Å². The minimum atomic E-state index is -0.275. The van der Waals surface area contributed by atoms with E-state index in [1.165, 1.54) is 23.6 Å². The van der Waals surface area contributed by atoms with Gasteiger partial charge in [-0.2, -0.15) is 10.2 Å². The molecule has 2 aromatic rings. The number of aromatic nitrogens is 4. The number of nitrogens with one attached hydrogen (secondary N) is 1. The highest BCUT2D eigenvalue weighted by Gasteiger charge is 2.00. The average Bonchev–Trinajstić information content (AvgIpc) is 2.83. The lowest BCUT2D eigenvalue weighted by Crippen LogP contribution is -2.23. The van der Waals surface area contributed by atoms with E-state index in [0.29, 0.717) is 5.69 Å². The summed E-state index contributed by atoms with van der Waals surface area (Å²) in [6.45, 7) is 0.0829. The molecule has 0 fully saturated rings. The van der Waals surface area contributed by atoms with Crippen LogP contribution >= 0.6 is 0 Å². The van der Waals surface area contributed by atoms with Crippen molar-refractivity contribution in [3.8, 4) is 0 Å². The maximum absolute atomic E-state index is 11.4. The maximum atomic E-state index is 11.4. The summed E-state index contributed by atoms with van der Waals surface area (Å²) in [5.41, 5.74) is 3.05. The number of hydrazone groups is 1. The van der Waals surface area contributed by atoms with Gasteiger partial charge in [0.25, 0.3) is 5.91 Å². The molecule has 0 aliphatic rings. The first-order valence-corrected chi connectivity index (χ1v) is 4.90. The van der Waals surface area contributed by atoms with Crippen LogP contribution in [0.2, 0.25) is 0 Å². The van der Waals surface area contributed by atoms with Crippen LogP contribution in [0.1, 0.15) is 5.69 Å². The van der Waals surface area contributed by atoms with Crippen LogP contribution in [0.4, 0.5) is 0 Å². The Morgan fingerprint density at radius 2 is 2.47 bits per heavy atom. The summed E-state index contributed by atoms with van der Waals surface area (Å²) in [4.78, 5) is 19.1. The fraction of sp³-hybridized carbons (Fsp3) is 0.100. The van der Waals surface area contributed by atoms with E-state index in [0.717, 1.165) is 0 Å². The van der Waals surface area contributed by atoms with Gasteiger partial charge < -0.3 is 0 Å². The van der Waals surface area contributed by atoms with Crippen LogP contribution in [0.25, 0.3) is 0 Å². The minimum absolute atomic E-state index is 0.0829. The molecule has 2 heterocycles. The molecule has 17 heavy (non-hydrogen) atoms. The first kappa shape index (κ1) is 10.9. The van der Waals surface area contributed by atoms with Crippen molar-refractivity contribution < 1.29 is 4.79 Å².